The molecule has 0 radical (unpaired) electrons. The van der Waals surface area contributed by atoms with E-state index in [1.54, 1.807) is 0 Å². The van der Waals surface area contributed by atoms with Gasteiger partial charge in [0.05, 0.1) is 12.8 Å². The number of anilines is 1. The summed E-state index contributed by atoms with van der Waals surface area (Å²) in [7, 11) is 1.42. The average Bonchev–Trinajstić information content (AvgIpc) is 2.36. The van der Waals surface area contributed by atoms with Crippen molar-refractivity contribution in [2.45, 2.75) is 24.8 Å². The molecule has 0 unspecified atom stereocenters. The van der Waals surface area contributed by atoms with Gasteiger partial charge in [-0.15, -0.1) is 0 Å². The quantitative estimate of drug-likeness (QED) is 0.787. The molecular formula is C13H15FN2O4. The van der Waals surface area contributed by atoms with Crippen molar-refractivity contribution in [3.63, 3.8) is 0 Å². The first-order valence-electron chi connectivity index (χ1n) is 6.13. The van der Waals surface area contributed by atoms with Crippen LogP contribution in [-0.4, -0.2) is 29.8 Å². The van der Waals surface area contributed by atoms with Crippen LogP contribution in [0.3, 0.4) is 0 Å². The summed E-state index contributed by atoms with van der Waals surface area (Å²) in [5.74, 6) is -1.32. The predicted molar refractivity (Wildman–Crippen MR) is 69.3 cm³/mol. The fraction of sp³-hybridized carbons (Fsp3) is 0.385. The summed E-state index contributed by atoms with van der Waals surface area (Å²) < 4.78 is 18.5. The second-order valence-corrected chi connectivity index (χ2v) is 4.67. The minimum absolute atomic E-state index is 0.0679. The van der Waals surface area contributed by atoms with Crippen molar-refractivity contribution in [1.29, 1.82) is 0 Å². The Balaban J connectivity index is 2.06. The first kappa shape index (κ1) is 14.1. The largest absolute Gasteiger partial charge is 0.497 e. The molecule has 6 nitrogen and oxygen atoms in total. The summed E-state index contributed by atoms with van der Waals surface area (Å²) in [6.45, 7) is 0. The van der Waals surface area contributed by atoms with Crippen molar-refractivity contribution < 1.29 is 23.8 Å². The summed E-state index contributed by atoms with van der Waals surface area (Å²) in [6, 6.07) is 3.15. The van der Waals surface area contributed by atoms with E-state index in [4.69, 9.17) is 9.84 Å². The van der Waals surface area contributed by atoms with Crippen LogP contribution in [0.2, 0.25) is 0 Å². The lowest BCUT2D eigenvalue weighted by Crippen LogP contribution is -2.60. The number of urea groups is 1. The van der Waals surface area contributed by atoms with Crippen molar-refractivity contribution in [3.8, 4) is 5.75 Å². The van der Waals surface area contributed by atoms with E-state index < -0.39 is 23.4 Å². The van der Waals surface area contributed by atoms with Crippen LogP contribution in [0.25, 0.3) is 0 Å². The molecule has 3 N–H and O–H groups in total. The van der Waals surface area contributed by atoms with Gasteiger partial charge >= 0.3 is 12.0 Å². The number of benzene rings is 1. The van der Waals surface area contributed by atoms with Crippen LogP contribution < -0.4 is 15.4 Å². The maximum Gasteiger partial charge on any atom is 0.329 e. The Labute approximate surface area is 114 Å². The number of carbonyl (C=O) groups is 2. The standard InChI is InChI=1S/C13H15FN2O4/c1-20-8-3-4-9(14)10(7-8)15-12(19)16-13(11(17)18)5-2-6-13/h3-4,7H,2,5-6H2,1H3,(H,17,18)(H2,15,16,19). The van der Waals surface area contributed by atoms with E-state index in [0.717, 1.165) is 12.5 Å². The van der Waals surface area contributed by atoms with E-state index >= 15 is 0 Å². The predicted octanol–water partition coefficient (Wildman–Crippen LogP) is 1.96. The number of amides is 2. The molecule has 0 spiro atoms. The van der Waals surface area contributed by atoms with E-state index in [2.05, 4.69) is 10.6 Å². The molecule has 0 aliphatic heterocycles. The fourth-order valence-corrected chi connectivity index (χ4v) is 2.02. The van der Waals surface area contributed by atoms with Gasteiger partial charge in [-0.3, -0.25) is 0 Å². The number of rotatable bonds is 4. The number of hydrogen-bond acceptors (Lipinski definition) is 3. The van der Waals surface area contributed by atoms with Gasteiger partial charge in [0.2, 0.25) is 0 Å². The number of nitrogens with one attached hydrogen (secondary N) is 2. The Morgan fingerprint density at radius 3 is 2.60 bits per heavy atom. The number of hydrogen-bond donors (Lipinski definition) is 3. The van der Waals surface area contributed by atoms with Crippen molar-refractivity contribution >= 4 is 17.7 Å². The van der Waals surface area contributed by atoms with Crippen molar-refractivity contribution in [2.24, 2.45) is 0 Å². The Bertz CT molecular complexity index is 543. The Kier molecular flexibility index (Phi) is 3.78. The molecule has 1 saturated carbocycles. The first-order chi connectivity index (χ1) is 9.47. The molecule has 7 heteroatoms. The second kappa shape index (κ2) is 5.36. The summed E-state index contributed by atoms with van der Waals surface area (Å²) in [6.07, 6.45) is 1.48. The highest BCUT2D eigenvalue weighted by molar-refractivity contribution is 5.94. The van der Waals surface area contributed by atoms with Gasteiger partial charge < -0.3 is 20.5 Å². The molecule has 20 heavy (non-hydrogen) atoms. The van der Waals surface area contributed by atoms with Crippen molar-refractivity contribution in [1.82, 2.24) is 5.32 Å². The summed E-state index contributed by atoms with van der Waals surface area (Å²) in [5, 5.41) is 13.8. The smallest absolute Gasteiger partial charge is 0.329 e. The molecule has 108 valence electrons. The third kappa shape index (κ3) is 2.66. The van der Waals surface area contributed by atoms with E-state index in [9.17, 15) is 14.0 Å². The number of aliphatic carboxylic acids is 1. The molecule has 0 saturated heterocycles. The molecular weight excluding hydrogens is 267 g/mol. The molecule has 2 rings (SSSR count). The van der Waals surface area contributed by atoms with E-state index in [1.165, 1.54) is 19.2 Å². The number of carboxylic acids is 1. The Hall–Kier alpha value is -2.31. The molecule has 1 aromatic rings. The van der Waals surface area contributed by atoms with Gasteiger partial charge in [0.15, 0.2) is 0 Å². The molecule has 0 aromatic heterocycles. The van der Waals surface area contributed by atoms with Crippen LogP contribution in [0.15, 0.2) is 18.2 Å². The molecule has 0 atom stereocenters. The molecule has 0 heterocycles. The van der Waals surface area contributed by atoms with Crippen LogP contribution in [0.1, 0.15) is 19.3 Å². The number of carboxylic acid groups (broad SMARTS) is 1. The lowest BCUT2D eigenvalue weighted by atomic mass is 9.77. The summed E-state index contributed by atoms with van der Waals surface area (Å²) in [5.41, 5.74) is -1.30. The van der Waals surface area contributed by atoms with Gasteiger partial charge in [-0.2, -0.15) is 0 Å². The maximum absolute atomic E-state index is 13.5. The van der Waals surface area contributed by atoms with Gasteiger partial charge in [-0.05, 0) is 31.4 Å². The number of ether oxygens (including phenoxy) is 1. The normalized spacial score (nSPS) is 15.9. The van der Waals surface area contributed by atoms with Gasteiger partial charge in [0, 0.05) is 6.07 Å². The molecule has 1 fully saturated rings. The Morgan fingerprint density at radius 1 is 1.40 bits per heavy atom. The SMILES string of the molecule is COc1ccc(F)c(NC(=O)NC2(C(=O)O)CCC2)c1. The molecule has 1 aliphatic rings. The highest BCUT2D eigenvalue weighted by Crippen LogP contribution is 2.32. The van der Waals surface area contributed by atoms with E-state index in [0.29, 0.717) is 18.6 Å². The molecule has 1 aliphatic carbocycles. The van der Waals surface area contributed by atoms with E-state index in [-0.39, 0.29) is 5.69 Å². The third-order valence-corrected chi connectivity index (χ3v) is 3.39. The van der Waals surface area contributed by atoms with Crippen LogP contribution in [0.4, 0.5) is 14.9 Å². The zero-order chi connectivity index (χ0) is 14.8. The molecule has 1 aromatic carbocycles. The van der Waals surface area contributed by atoms with Gasteiger partial charge in [0.25, 0.3) is 0 Å². The van der Waals surface area contributed by atoms with Gasteiger partial charge in [-0.1, -0.05) is 0 Å². The highest BCUT2D eigenvalue weighted by atomic mass is 19.1. The lowest BCUT2D eigenvalue weighted by molar-refractivity contribution is -0.148. The highest BCUT2D eigenvalue weighted by Gasteiger charge is 2.45. The zero-order valence-electron chi connectivity index (χ0n) is 10.9. The zero-order valence-corrected chi connectivity index (χ0v) is 10.9. The average molecular weight is 282 g/mol. The van der Waals surface area contributed by atoms with Gasteiger partial charge in [0.1, 0.15) is 17.1 Å². The van der Waals surface area contributed by atoms with E-state index in [1.807, 2.05) is 0 Å². The van der Waals surface area contributed by atoms with Crippen LogP contribution >= 0.6 is 0 Å². The third-order valence-electron chi connectivity index (χ3n) is 3.39. The van der Waals surface area contributed by atoms with Gasteiger partial charge in [-0.25, -0.2) is 14.0 Å². The first-order valence-corrected chi connectivity index (χ1v) is 6.13. The second-order valence-electron chi connectivity index (χ2n) is 4.67. The Morgan fingerprint density at radius 2 is 2.10 bits per heavy atom. The van der Waals surface area contributed by atoms with Crippen LogP contribution in [0, 0.1) is 5.82 Å². The topological polar surface area (TPSA) is 87.7 Å². The number of carbonyl (C=O) groups excluding carboxylic acids is 1. The lowest BCUT2D eigenvalue weighted by Gasteiger charge is -2.38. The minimum atomic E-state index is -1.24. The molecule has 2 amide bonds. The van der Waals surface area contributed by atoms with Crippen LogP contribution in [0.5, 0.6) is 5.75 Å². The summed E-state index contributed by atoms with van der Waals surface area (Å²) >= 11 is 0. The maximum atomic E-state index is 13.5. The summed E-state index contributed by atoms with van der Waals surface area (Å²) in [4.78, 5) is 22.9. The minimum Gasteiger partial charge on any atom is -0.497 e. The van der Waals surface area contributed by atoms with Crippen molar-refractivity contribution in [3.05, 3.63) is 24.0 Å². The number of halogens is 1. The number of methoxy groups -OCH3 is 1. The monoisotopic (exact) mass is 282 g/mol. The van der Waals surface area contributed by atoms with Crippen LogP contribution in [-0.2, 0) is 4.79 Å². The van der Waals surface area contributed by atoms with Crippen molar-refractivity contribution in [2.75, 3.05) is 12.4 Å². The fourth-order valence-electron chi connectivity index (χ4n) is 2.02. The molecule has 0 bridgehead atoms.